The Labute approximate surface area is 170 Å². The Morgan fingerprint density at radius 2 is 1.96 bits per heavy atom. The van der Waals surface area contributed by atoms with Crippen LogP contribution in [0.1, 0.15) is 55.3 Å². The van der Waals surface area contributed by atoms with E-state index in [0.29, 0.717) is 28.0 Å². The van der Waals surface area contributed by atoms with Gasteiger partial charge in [0.15, 0.2) is 11.5 Å². The maximum atomic E-state index is 12.8. The van der Waals surface area contributed by atoms with E-state index in [0.717, 1.165) is 37.4 Å². The van der Waals surface area contributed by atoms with E-state index < -0.39 is 0 Å². The second kappa shape index (κ2) is 6.62. The van der Waals surface area contributed by atoms with Gasteiger partial charge in [0.05, 0.1) is 18.0 Å². The average Bonchev–Trinajstić information content (AvgIpc) is 2.53. The molecule has 0 amide bonds. The molecule has 0 aliphatic heterocycles. The van der Waals surface area contributed by atoms with Crippen LogP contribution in [0.15, 0.2) is 16.6 Å². The van der Waals surface area contributed by atoms with Crippen LogP contribution in [0.2, 0.25) is 0 Å². The van der Waals surface area contributed by atoms with Gasteiger partial charge in [-0.3, -0.25) is 9.59 Å². The van der Waals surface area contributed by atoms with E-state index in [4.69, 9.17) is 9.47 Å². The predicted molar refractivity (Wildman–Crippen MR) is 105 cm³/mol. The van der Waals surface area contributed by atoms with Crippen molar-refractivity contribution in [2.24, 2.45) is 17.3 Å². The summed E-state index contributed by atoms with van der Waals surface area (Å²) in [6.45, 7) is 0. The first-order chi connectivity index (χ1) is 12.3. The molecule has 4 aliphatic rings. The highest BCUT2D eigenvalue weighted by Gasteiger charge is 2.57. The number of carbonyl (C=O) groups is 2. The van der Waals surface area contributed by atoms with Crippen molar-refractivity contribution in [1.29, 1.82) is 0 Å². The number of halogens is 2. The zero-order valence-electron chi connectivity index (χ0n) is 14.7. The zero-order valence-corrected chi connectivity index (χ0v) is 17.9. The maximum absolute atomic E-state index is 12.8. The second-order valence-electron chi connectivity index (χ2n) is 8.41. The molecule has 140 valence electrons. The summed E-state index contributed by atoms with van der Waals surface area (Å²) in [6, 6.07) is 3.22. The minimum Gasteiger partial charge on any atom is -0.493 e. The van der Waals surface area contributed by atoms with Crippen molar-refractivity contribution in [3.63, 3.8) is 0 Å². The molecule has 4 nitrogen and oxygen atoms in total. The topological polar surface area (TPSA) is 52.6 Å². The van der Waals surface area contributed by atoms with E-state index in [-0.39, 0.29) is 15.7 Å². The van der Waals surface area contributed by atoms with E-state index in [1.165, 1.54) is 26.4 Å². The fraction of sp³-hybridized carbons (Fsp3) is 0.600. The molecular formula is C20H22Br2O4. The molecule has 4 bridgehead atoms. The number of ether oxygens (including phenoxy) is 2. The van der Waals surface area contributed by atoms with Crippen LogP contribution in [0, 0.1) is 17.3 Å². The first-order valence-corrected chi connectivity index (χ1v) is 10.6. The molecule has 1 aromatic carbocycles. The number of carbonyl (C=O) groups excluding carboxylic acids is 2. The molecule has 1 aromatic rings. The number of rotatable bonds is 5. The summed E-state index contributed by atoms with van der Waals surface area (Å²) in [5.74, 6) is 1.98. The van der Waals surface area contributed by atoms with Crippen molar-refractivity contribution in [2.75, 3.05) is 7.11 Å². The third kappa shape index (κ3) is 3.35. The lowest BCUT2D eigenvalue weighted by molar-refractivity contribution is -0.141. The summed E-state index contributed by atoms with van der Waals surface area (Å²) >= 11 is 7.37. The summed E-state index contributed by atoms with van der Waals surface area (Å²) in [7, 11) is 1.50. The molecule has 26 heavy (non-hydrogen) atoms. The SMILES string of the molecule is COc1cc(C=O)cc(Br)c1OC(=O)CC12C[C@H]3C[C@@H](CC(Br)(C3)C1)C2. The number of methoxy groups -OCH3 is 1. The molecule has 4 aliphatic carbocycles. The molecule has 0 radical (unpaired) electrons. The molecular weight excluding hydrogens is 464 g/mol. The number of hydrogen-bond acceptors (Lipinski definition) is 4. The third-order valence-electron chi connectivity index (χ3n) is 6.23. The summed E-state index contributed by atoms with van der Waals surface area (Å²) in [6.07, 6.45) is 8.31. The number of hydrogen-bond donors (Lipinski definition) is 0. The normalized spacial score (nSPS) is 34.6. The van der Waals surface area contributed by atoms with Gasteiger partial charge >= 0.3 is 5.97 Å². The highest BCUT2D eigenvalue weighted by atomic mass is 79.9. The lowest BCUT2D eigenvalue weighted by atomic mass is 9.49. The lowest BCUT2D eigenvalue weighted by Gasteiger charge is -2.60. The molecule has 4 saturated carbocycles. The average molecular weight is 486 g/mol. The molecule has 2 atom stereocenters. The standard InChI is InChI=1S/C20H22Br2O4/c1-25-16-4-12(10-23)3-15(21)18(16)26-17(24)9-19-5-13-2-14(6-19)8-20(22,7-13)11-19/h3-4,10,13-14H,2,5-9,11H2,1H3/t13-,14-,19?,20?/m1/s1. The van der Waals surface area contributed by atoms with Crippen LogP contribution in [-0.2, 0) is 4.79 Å². The molecule has 5 rings (SSSR count). The van der Waals surface area contributed by atoms with E-state index in [1.54, 1.807) is 12.1 Å². The quantitative estimate of drug-likeness (QED) is 0.246. The van der Waals surface area contributed by atoms with Gasteiger partial charge in [-0.1, -0.05) is 15.9 Å². The van der Waals surface area contributed by atoms with Crippen molar-refractivity contribution in [1.82, 2.24) is 0 Å². The molecule has 0 aromatic heterocycles. The Balaban J connectivity index is 1.52. The number of benzene rings is 1. The van der Waals surface area contributed by atoms with Crippen molar-refractivity contribution >= 4 is 44.1 Å². The Morgan fingerprint density at radius 1 is 1.27 bits per heavy atom. The van der Waals surface area contributed by atoms with Gasteiger partial charge in [0, 0.05) is 9.89 Å². The van der Waals surface area contributed by atoms with Gasteiger partial charge < -0.3 is 9.47 Å². The fourth-order valence-corrected chi connectivity index (χ4v) is 7.96. The van der Waals surface area contributed by atoms with Crippen LogP contribution in [0.4, 0.5) is 0 Å². The van der Waals surface area contributed by atoms with E-state index >= 15 is 0 Å². The largest absolute Gasteiger partial charge is 0.493 e. The van der Waals surface area contributed by atoms with Crippen LogP contribution < -0.4 is 9.47 Å². The molecule has 6 heteroatoms. The highest BCUT2D eigenvalue weighted by molar-refractivity contribution is 9.10. The molecule has 0 heterocycles. The van der Waals surface area contributed by atoms with Gasteiger partial charge in [-0.2, -0.15) is 0 Å². The van der Waals surface area contributed by atoms with Crippen LogP contribution in [0.5, 0.6) is 11.5 Å². The molecule has 0 spiro atoms. The van der Waals surface area contributed by atoms with Gasteiger partial charge in [0.1, 0.15) is 6.29 Å². The van der Waals surface area contributed by atoms with Crippen molar-refractivity contribution < 1.29 is 19.1 Å². The smallest absolute Gasteiger partial charge is 0.311 e. The Morgan fingerprint density at radius 3 is 2.54 bits per heavy atom. The summed E-state index contributed by atoms with van der Waals surface area (Å²) in [5, 5.41) is 0. The van der Waals surface area contributed by atoms with Gasteiger partial charge in [0.25, 0.3) is 0 Å². The van der Waals surface area contributed by atoms with Crippen LogP contribution in [0.25, 0.3) is 0 Å². The van der Waals surface area contributed by atoms with Crippen molar-refractivity contribution in [3.8, 4) is 11.5 Å². The Hall–Kier alpha value is -0.880. The summed E-state index contributed by atoms with van der Waals surface area (Å²) < 4.78 is 11.8. The predicted octanol–water partition coefficient (Wildman–Crippen LogP) is 5.30. The van der Waals surface area contributed by atoms with Crippen LogP contribution in [-0.4, -0.2) is 23.7 Å². The fourth-order valence-electron chi connectivity index (χ4n) is 5.91. The van der Waals surface area contributed by atoms with Gasteiger partial charge in [0.2, 0.25) is 0 Å². The third-order valence-corrected chi connectivity index (χ3v) is 7.75. The first-order valence-electron chi connectivity index (χ1n) is 9.06. The second-order valence-corrected chi connectivity index (χ2v) is 11.0. The van der Waals surface area contributed by atoms with Gasteiger partial charge in [-0.25, -0.2) is 0 Å². The maximum Gasteiger partial charge on any atom is 0.311 e. The van der Waals surface area contributed by atoms with E-state index in [2.05, 4.69) is 31.9 Å². The van der Waals surface area contributed by atoms with E-state index in [1.807, 2.05) is 0 Å². The van der Waals surface area contributed by atoms with Gasteiger partial charge in [-0.15, -0.1) is 0 Å². The molecule has 0 saturated heterocycles. The Bertz CT molecular complexity index is 746. The zero-order chi connectivity index (χ0) is 18.5. The summed E-state index contributed by atoms with van der Waals surface area (Å²) in [4.78, 5) is 23.8. The molecule has 0 N–H and O–H groups in total. The molecule has 0 unspecified atom stereocenters. The lowest BCUT2D eigenvalue weighted by Crippen LogP contribution is -2.53. The number of aldehydes is 1. The number of alkyl halides is 1. The summed E-state index contributed by atoms with van der Waals surface area (Å²) in [5.41, 5.74) is 0.531. The highest BCUT2D eigenvalue weighted by Crippen LogP contribution is 2.65. The number of esters is 1. The molecule has 4 fully saturated rings. The van der Waals surface area contributed by atoms with Crippen LogP contribution >= 0.6 is 31.9 Å². The van der Waals surface area contributed by atoms with Crippen molar-refractivity contribution in [3.05, 3.63) is 22.2 Å². The van der Waals surface area contributed by atoms with Crippen molar-refractivity contribution in [2.45, 2.75) is 49.3 Å². The minimum absolute atomic E-state index is 0.0626. The Kier molecular flexibility index (Phi) is 4.71. The van der Waals surface area contributed by atoms with Gasteiger partial charge in [-0.05, 0) is 83.8 Å². The minimum atomic E-state index is -0.221. The monoisotopic (exact) mass is 484 g/mol. The van der Waals surface area contributed by atoms with E-state index in [9.17, 15) is 9.59 Å². The first kappa shape index (κ1) is 18.5. The van der Waals surface area contributed by atoms with Crippen LogP contribution in [0.3, 0.4) is 0 Å².